The molecule has 0 aliphatic carbocycles. The second-order valence-corrected chi connectivity index (χ2v) is 5.23. The van der Waals surface area contributed by atoms with Gasteiger partial charge in [0.1, 0.15) is 11.6 Å². The van der Waals surface area contributed by atoms with Crippen LogP contribution in [0.1, 0.15) is 32.4 Å². The van der Waals surface area contributed by atoms with Crippen LogP contribution < -0.4 is 5.32 Å². The molecular weight excluding hydrogens is 234 g/mol. The van der Waals surface area contributed by atoms with Gasteiger partial charge in [0.2, 0.25) is 0 Å². The van der Waals surface area contributed by atoms with Crippen LogP contribution in [-0.2, 0) is 0 Å². The molecule has 1 saturated heterocycles. The lowest BCUT2D eigenvalue weighted by molar-refractivity contribution is 0.103. The molecule has 1 fully saturated rings. The normalized spacial score (nSPS) is 27.2. The van der Waals surface area contributed by atoms with E-state index in [9.17, 15) is 8.78 Å². The van der Waals surface area contributed by atoms with E-state index in [-0.39, 0.29) is 6.04 Å². The maximum Gasteiger partial charge on any atom is 0.126 e. The third-order valence-corrected chi connectivity index (χ3v) is 3.68. The standard InChI is InChI=1S/C14H20F2N2/c1-9-8-18(10(2)7-17-9)11(3)12-4-13(15)6-14(16)5-12/h4-6,9-11,17H,7-8H2,1-3H3. The minimum atomic E-state index is -0.507. The number of hydrogen-bond acceptors (Lipinski definition) is 2. The Morgan fingerprint density at radius 3 is 2.44 bits per heavy atom. The van der Waals surface area contributed by atoms with Crippen LogP contribution in [0.25, 0.3) is 0 Å². The van der Waals surface area contributed by atoms with Gasteiger partial charge in [0, 0.05) is 37.3 Å². The van der Waals surface area contributed by atoms with E-state index < -0.39 is 11.6 Å². The van der Waals surface area contributed by atoms with Gasteiger partial charge in [0.05, 0.1) is 0 Å². The summed E-state index contributed by atoms with van der Waals surface area (Å²) in [6, 6.07) is 4.56. The fourth-order valence-corrected chi connectivity index (χ4v) is 2.60. The van der Waals surface area contributed by atoms with Crippen molar-refractivity contribution in [1.29, 1.82) is 0 Å². The van der Waals surface area contributed by atoms with Crippen molar-refractivity contribution in [2.24, 2.45) is 0 Å². The molecule has 4 heteroatoms. The third-order valence-electron chi connectivity index (χ3n) is 3.68. The number of hydrogen-bond donors (Lipinski definition) is 1. The molecule has 3 atom stereocenters. The molecule has 18 heavy (non-hydrogen) atoms. The molecule has 1 aliphatic rings. The van der Waals surface area contributed by atoms with Gasteiger partial charge in [-0.1, -0.05) is 0 Å². The topological polar surface area (TPSA) is 15.3 Å². The Bertz CT molecular complexity index is 402. The summed E-state index contributed by atoms with van der Waals surface area (Å²) in [6.45, 7) is 8.05. The van der Waals surface area contributed by atoms with E-state index in [0.29, 0.717) is 17.6 Å². The summed E-state index contributed by atoms with van der Waals surface area (Å²) < 4.78 is 26.5. The van der Waals surface area contributed by atoms with E-state index in [4.69, 9.17) is 0 Å². The van der Waals surface area contributed by atoms with Crippen LogP contribution in [0.15, 0.2) is 18.2 Å². The van der Waals surface area contributed by atoms with Crippen molar-refractivity contribution < 1.29 is 8.78 Å². The van der Waals surface area contributed by atoms with Crippen LogP contribution >= 0.6 is 0 Å². The molecule has 1 heterocycles. The number of benzene rings is 1. The fraction of sp³-hybridized carbons (Fsp3) is 0.571. The zero-order chi connectivity index (χ0) is 13.3. The van der Waals surface area contributed by atoms with E-state index in [1.54, 1.807) is 0 Å². The molecule has 1 N–H and O–H groups in total. The van der Waals surface area contributed by atoms with Gasteiger partial charge < -0.3 is 5.32 Å². The summed E-state index contributed by atoms with van der Waals surface area (Å²) in [6.07, 6.45) is 0. The highest BCUT2D eigenvalue weighted by molar-refractivity contribution is 5.21. The lowest BCUT2D eigenvalue weighted by Crippen LogP contribution is -2.54. The van der Waals surface area contributed by atoms with Crippen LogP contribution in [0, 0.1) is 11.6 Å². The number of piperazine rings is 1. The lowest BCUT2D eigenvalue weighted by Gasteiger charge is -2.41. The number of nitrogens with one attached hydrogen (secondary N) is 1. The number of nitrogens with zero attached hydrogens (tertiary/aromatic N) is 1. The predicted molar refractivity (Wildman–Crippen MR) is 68.4 cm³/mol. The van der Waals surface area contributed by atoms with Crippen LogP contribution in [-0.4, -0.2) is 30.1 Å². The third kappa shape index (κ3) is 2.87. The highest BCUT2D eigenvalue weighted by Gasteiger charge is 2.27. The molecule has 2 rings (SSSR count). The molecule has 100 valence electrons. The summed E-state index contributed by atoms with van der Waals surface area (Å²) in [5, 5.41) is 3.40. The fourth-order valence-electron chi connectivity index (χ4n) is 2.60. The van der Waals surface area contributed by atoms with Crippen LogP contribution in [0.4, 0.5) is 8.78 Å². The first kappa shape index (κ1) is 13.4. The molecule has 0 aromatic heterocycles. The molecule has 1 aromatic rings. The Morgan fingerprint density at radius 1 is 1.22 bits per heavy atom. The second kappa shape index (κ2) is 5.33. The molecule has 2 nitrogen and oxygen atoms in total. The molecule has 0 bridgehead atoms. The van der Waals surface area contributed by atoms with Gasteiger partial charge in [-0.15, -0.1) is 0 Å². The molecule has 3 unspecified atom stereocenters. The van der Waals surface area contributed by atoms with Gasteiger partial charge in [0.25, 0.3) is 0 Å². The minimum absolute atomic E-state index is 0.0229. The molecule has 1 aliphatic heterocycles. The smallest absolute Gasteiger partial charge is 0.126 e. The lowest BCUT2D eigenvalue weighted by atomic mass is 10.0. The van der Waals surface area contributed by atoms with Crippen LogP contribution in [0.3, 0.4) is 0 Å². The highest BCUT2D eigenvalue weighted by atomic mass is 19.1. The van der Waals surface area contributed by atoms with Crippen molar-refractivity contribution in [3.63, 3.8) is 0 Å². The SMILES string of the molecule is CC1CN(C(C)c2cc(F)cc(F)c2)C(C)CN1. The summed E-state index contributed by atoms with van der Waals surface area (Å²) in [5.41, 5.74) is 0.702. The summed E-state index contributed by atoms with van der Waals surface area (Å²) in [4.78, 5) is 2.29. The first-order valence-corrected chi connectivity index (χ1v) is 6.42. The monoisotopic (exact) mass is 254 g/mol. The van der Waals surface area contributed by atoms with Crippen molar-refractivity contribution in [3.05, 3.63) is 35.4 Å². The van der Waals surface area contributed by atoms with Crippen molar-refractivity contribution in [2.45, 2.75) is 38.9 Å². The zero-order valence-electron chi connectivity index (χ0n) is 11.1. The van der Waals surface area contributed by atoms with Gasteiger partial charge in [-0.25, -0.2) is 8.78 Å². The van der Waals surface area contributed by atoms with Gasteiger partial charge >= 0.3 is 0 Å². The maximum absolute atomic E-state index is 13.3. The molecule has 1 aromatic carbocycles. The Balaban J connectivity index is 2.21. The molecule has 0 radical (unpaired) electrons. The van der Waals surface area contributed by atoms with Crippen molar-refractivity contribution >= 4 is 0 Å². The van der Waals surface area contributed by atoms with E-state index in [1.165, 1.54) is 12.1 Å². The van der Waals surface area contributed by atoms with Gasteiger partial charge in [-0.2, -0.15) is 0 Å². The Labute approximate surface area is 107 Å². The zero-order valence-corrected chi connectivity index (χ0v) is 11.1. The number of rotatable bonds is 2. The quantitative estimate of drug-likeness (QED) is 0.873. The van der Waals surface area contributed by atoms with Crippen molar-refractivity contribution in [1.82, 2.24) is 10.2 Å². The average Bonchev–Trinajstić information content (AvgIpc) is 2.30. The first-order valence-electron chi connectivity index (χ1n) is 6.42. The first-order chi connectivity index (χ1) is 8.47. The Morgan fingerprint density at radius 2 is 1.83 bits per heavy atom. The van der Waals surface area contributed by atoms with E-state index in [1.807, 2.05) is 6.92 Å². The van der Waals surface area contributed by atoms with Gasteiger partial charge in [0.15, 0.2) is 0 Å². The number of halogens is 2. The average molecular weight is 254 g/mol. The largest absolute Gasteiger partial charge is 0.311 e. The van der Waals surface area contributed by atoms with Crippen molar-refractivity contribution in [2.75, 3.05) is 13.1 Å². The molecule has 0 amide bonds. The van der Waals surface area contributed by atoms with Gasteiger partial charge in [-0.05, 0) is 38.5 Å². The summed E-state index contributed by atoms with van der Waals surface area (Å²) in [5.74, 6) is -1.01. The minimum Gasteiger partial charge on any atom is -0.311 e. The van der Waals surface area contributed by atoms with E-state index >= 15 is 0 Å². The second-order valence-electron chi connectivity index (χ2n) is 5.23. The van der Waals surface area contributed by atoms with Crippen LogP contribution in [0.5, 0.6) is 0 Å². The summed E-state index contributed by atoms with van der Waals surface area (Å²) >= 11 is 0. The van der Waals surface area contributed by atoms with Crippen LogP contribution in [0.2, 0.25) is 0 Å². The highest BCUT2D eigenvalue weighted by Crippen LogP contribution is 2.25. The van der Waals surface area contributed by atoms with E-state index in [0.717, 1.165) is 19.2 Å². The van der Waals surface area contributed by atoms with E-state index in [2.05, 4.69) is 24.1 Å². The molecular formula is C14H20F2N2. The van der Waals surface area contributed by atoms with Gasteiger partial charge in [-0.3, -0.25) is 4.90 Å². The predicted octanol–water partition coefficient (Wildman–Crippen LogP) is 2.71. The Kier molecular flexibility index (Phi) is 3.97. The summed E-state index contributed by atoms with van der Waals surface area (Å²) in [7, 11) is 0. The van der Waals surface area contributed by atoms with Crippen molar-refractivity contribution in [3.8, 4) is 0 Å². The molecule has 0 spiro atoms. The maximum atomic E-state index is 13.3. The Hall–Kier alpha value is -1.00. The molecule has 0 saturated carbocycles.